The molecular weight excluding hydrogens is 322 g/mol. The quantitative estimate of drug-likeness (QED) is 0.664. The van der Waals surface area contributed by atoms with E-state index in [2.05, 4.69) is 22.5 Å². The fourth-order valence-electron chi connectivity index (χ4n) is 2.22. The summed E-state index contributed by atoms with van der Waals surface area (Å²) >= 11 is 0. The molecule has 0 spiro atoms. The number of anilines is 1. The molecule has 25 heavy (non-hydrogen) atoms. The Morgan fingerprint density at radius 3 is 2.48 bits per heavy atom. The summed E-state index contributed by atoms with van der Waals surface area (Å²) in [4.78, 5) is 16.0. The smallest absolute Gasteiger partial charge is 0.407 e. The Labute approximate surface area is 150 Å². The van der Waals surface area contributed by atoms with Crippen LogP contribution in [0.15, 0.2) is 18.3 Å². The highest BCUT2D eigenvalue weighted by molar-refractivity contribution is 5.68. The van der Waals surface area contributed by atoms with Gasteiger partial charge in [-0.1, -0.05) is 0 Å². The van der Waals surface area contributed by atoms with Gasteiger partial charge in [0.1, 0.15) is 12.2 Å². The molecule has 2 N–H and O–H groups in total. The van der Waals surface area contributed by atoms with Crippen LogP contribution in [0.2, 0.25) is 0 Å². The lowest BCUT2D eigenvalue weighted by Crippen LogP contribution is -2.39. The van der Waals surface area contributed by atoms with Crippen LogP contribution in [-0.2, 0) is 9.47 Å². The number of amides is 1. The van der Waals surface area contributed by atoms with Gasteiger partial charge in [-0.2, -0.15) is 0 Å². The second kappa shape index (κ2) is 10.1. The third-order valence-corrected chi connectivity index (χ3v) is 3.16. The van der Waals surface area contributed by atoms with E-state index >= 15 is 0 Å². The summed E-state index contributed by atoms with van der Waals surface area (Å²) in [6.45, 7) is 10.5. The van der Waals surface area contributed by atoms with Crippen molar-refractivity contribution >= 4 is 11.8 Å². The molecule has 0 aromatic carbocycles. The van der Waals surface area contributed by atoms with Gasteiger partial charge >= 0.3 is 6.09 Å². The normalized spacial score (nSPS) is 13.7. The molecule has 0 aliphatic rings. The van der Waals surface area contributed by atoms with E-state index in [4.69, 9.17) is 14.2 Å². The van der Waals surface area contributed by atoms with E-state index in [9.17, 15) is 4.79 Å². The SMILES string of the molecule is COCCOc1ccc(N[C@@H](C)C[C@@H](C)NC(=O)OC(C)(C)C)cn1. The van der Waals surface area contributed by atoms with Crippen LogP contribution >= 0.6 is 0 Å². The molecule has 1 aromatic rings. The molecule has 142 valence electrons. The van der Waals surface area contributed by atoms with Gasteiger partial charge in [-0.25, -0.2) is 9.78 Å². The number of nitrogens with zero attached hydrogens (tertiary/aromatic N) is 1. The molecule has 1 aromatic heterocycles. The zero-order chi connectivity index (χ0) is 18.9. The molecule has 0 aliphatic heterocycles. The summed E-state index contributed by atoms with van der Waals surface area (Å²) in [6.07, 6.45) is 2.09. The van der Waals surface area contributed by atoms with E-state index in [0.29, 0.717) is 19.1 Å². The molecule has 0 unspecified atom stereocenters. The van der Waals surface area contributed by atoms with E-state index in [1.165, 1.54) is 0 Å². The second-order valence-electron chi connectivity index (χ2n) is 7.05. The van der Waals surface area contributed by atoms with Crippen molar-refractivity contribution in [3.05, 3.63) is 18.3 Å². The van der Waals surface area contributed by atoms with E-state index in [-0.39, 0.29) is 12.1 Å². The number of hydrogen-bond donors (Lipinski definition) is 2. The van der Waals surface area contributed by atoms with Crippen LogP contribution in [0.25, 0.3) is 0 Å². The lowest BCUT2D eigenvalue weighted by atomic mass is 10.1. The van der Waals surface area contributed by atoms with Crippen molar-refractivity contribution in [2.75, 3.05) is 25.6 Å². The van der Waals surface area contributed by atoms with Gasteiger partial charge in [0.05, 0.1) is 18.5 Å². The molecule has 0 fully saturated rings. The number of carbonyl (C=O) groups excluding carboxylic acids is 1. The number of alkyl carbamates (subject to hydrolysis) is 1. The minimum Gasteiger partial charge on any atom is -0.475 e. The molecule has 1 heterocycles. The highest BCUT2D eigenvalue weighted by atomic mass is 16.6. The molecule has 0 radical (unpaired) electrons. The molecular formula is C18H31N3O4. The topological polar surface area (TPSA) is 81.7 Å². The van der Waals surface area contributed by atoms with Gasteiger partial charge in [0.2, 0.25) is 5.88 Å². The van der Waals surface area contributed by atoms with Gasteiger partial charge in [-0.15, -0.1) is 0 Å². The second-order valence-corrected chi connectivity index (χ2v) is 7.05. The number of pyridine rings is 1. The molecule has 1 rings (SSSR count). The first-order valence-electron chi connectivity index (χ1n) is 8.53. The first-order valence-corrected chi connectivity index (χ1v) is 8.53. The standard InChI is InChI=1S/C18H31N3O4/c1-13(11-14(2)21-17(22)25-18(3,4)5)20-15-7-8-16(19-12-15)24-10-9-23-6/h7-8,12-14,20H,9-11H2,1-6H3,(H,21,22)/t13-,14+/m0/s1. The maximum Gasteiger partial charge on any atom is 0.407 e. The number of ether oxygens (including phenoxy) is 3. The number of aromatic nitrogens is 1. The minimum absolute atomic E-state index is 0.0121. The van der Waals surface area contributed by atoms with Gasteiger partial charge in [0, 0.05) is 25.3 Å². The van der Waals surface area contributed by atoms with Gasteiger partial charge in [-0.05, 0) is 47.1 Å². The van der Waals surface area contributed by atoms with Crippen molar-refractivity contribution in [1.29, 1.82) is 0 Å². The zero-order valence-corrected chi connectivity index (χ0v) is 16.1. The van der Waals surface area contributed by atoms with Crippen LogP contribution in [-0.4, -0.2) is 49.1 Å². The van der Waals surface area contributed by atoms with Crippen molar-refractivity contribution in [1.82, 2.24) is 10.3 Å². The number of methoxy groups -OCH3 is 1. The zero-order valence-electron chi connectivity index (χ0n) is 16.1. The van der Waals surface area contributed by atoms with E-state index in [0.717, 1.165) is 12.1 Å². The predicted molar refractivity (Wildman–Crippen MR) is 98.1 cm³/mol. The number of nitrogens with one attached hydrogen (secondary N) is 2. The van der Waals surface area contributed by atoms with Crippen LogP contribution in [0.3, 0.4) is 0 Å². The first-order chi connectivity index (χ1) is 11.7. The molecule has 7 nitrogen and oxygen atoms in total. The van der Waals surface area contributed by atoms with Crippen LogP contribution < -0.4 is 15.4 Å². The summed E-state index contributed by atoms with van der Waals surface area (Å²) in [5, 5.41) is 6.20. The van der Waals surface area contributed by atoms with Gasteiger partial charge in [-0.3, -0.25) is 0 Å². The lowest BCUT2D eigenvalue weighted by Gasteiger charge is -2.24. The molecule has 0 aliphatic carbocycles. The summed E-state index contributed by atoms with van der Waals surface area (Å²) < 4.78 is 15.6. The average molecular weight is 353 g/mol. The van der Waals surface area contributed by atoms with Crippen molar-refractivity contribution in [3.8, 4) is 5.88 Å². The largest absolute Gasteiger partial charge is 0.475 e. The summed E-state index contributed by atoms with van der Waals surface area (Å²) in [5.74, 6) is 0.565. The molecule has 0 saturated heterocycles. The maximum absolute atomic E-state index is 11.8. The van der Waals surface area contributed by atoms with Crippen LogP contribution in [0.1, 0.15) is 41.0 Å². The third kappa shape index (κ3) is 9.76. The fourth-order valence-corrected chi connectivity index (χ4v) is 2.22. The van der Waals surface area contributed by atoms with E-state index in [1.54, 1.807) is 13.3 Å². The fraction of sp³-hybridized carbons (Fsp3) is 0.667. The summed E-state index contributed by atoms with van der Waals surface area (Å²) in [5.41, 5.74) is 0.405. The van der Waals surface area contributed by atoms with Crippen LogP contribution in [0.5, 0.6) is 5.88 Å². The Morgan fingerprint density at radius 1 is 1.20 bits per heavy atom. The number of carbonyl (C=O) groups is 1. The monoisotopic (exact) mass is 353 g/mol. The Morgan fingerprint density at radius 2 is 1.92 bits per heavy atom. The number of hydrogen-bond acceptors (Lipinski definition) is 6. The molecule has 7 heteroatoms. The van der Waals surface area contributed by atoms with Crippen molar-refractivity contribution in [3.63, 3.8) is 0 Å². The molecule has 2 atom stereocenters. The molecule has 0 saturated carbocycles. The number of rotatable bonds is 9. The van der Waals surface area contributed by atoms with Crippen molar-refractivity contribution in [2.45, 2.75) is 58.7 Å². The third-order valence-electron chi connectivity index (χ3n) is 3.16. The Kier molecular flexibility index (Phi) is 8.48. The molecule has 0 bridgehead atoms. The van der Waals surface area contributed by atoms with Crippen molar-refractivity contribution < 1.29 is 19.0 Å². The van der Waals surface area contributed by atoms with Gasteiger partial charge < -0.3 is 24.8 Å². The average Bonchev–Trinajstić information content (AvgIpc) is 2.46. The van der Waals surface area contributed by atoms with Crippen LogP contribution in [0.4, 0.5) is 10.5 Å². The Bertz CT molecular complexity index is 514. The van der Waals surface area contributed by atoms with Gasteiger partial charge in [0.15, 0.2) is 0 Å². The van der Waals surface area contributed by atoms with E-state index in [1.807, 2.05) is 39.8 Å². The lowest BCUT2D eigenvalue weighted by molar-refractivity contribution is 0.0506. The predicted octanol–water partition coefficient (Wildman–Crippen LogP) is 3.21. The Balaban J connectivity index is 2.37. The Hall–Kier alpha value is -2.02. The van der Waals surface area contributed by atoms with Gasteiger partial charge in [0.25, 0.3) is 0 Å². The highest BCUT2D eigenvalue weighted by Crippen LogP contribution is 2.14. The van der Waals surface area contributed by atoms with Crippen LogP contribution in [0, 0.1) is 0 Å². The summed E-state index contributed by atoms with van der Waals surface area (Å²) in [6, 6.07) is 3.87. The minimum atomic E-state index is -0.494. The highest BCUT2D eigenvalue weighted by Gasteiger charge is 2.18. The summed E-state index contributed by atoms with van der Waals surface area (Å²) in [7, 11) is 1.63. The first kappa shape index (κ1) is 21.0. The van der Waals surface area contributed by atoms with Crippen molar-refractivity contribution in [2.24, 2.45) is 0 Å². The molecule has 1 amide bonds. The maximum atomic E-state index is 11.8. The van der Waals surface area contributed by atoms with E-state index < -0.39 is 11.7 Å².